The molecule has 39 heavy (non-hydrogen) atoms. The lowest BCUT2D eigenvalue weighted by Crippen LogP contribution is -2.52. The van der Waals surface area contributed by atoms with Crippen molar-refractivity contribution in [2.24, 2.45) is 5.73 Å². The Kier molecular flexibility index (Phi) is 10.3. The summed E-state index contributed by atoms with van der Waals surface area (Å²) < 4.78 is 5.40. The molecule has 0 spiro atoms. The van der Waals surface area contributed by atoms with Gasteiger partial charge in [0.2, 0.25) is 11.8 Å². The van der Waals surface area contributed by atoms with Crippen LogP contribution >= 0.6 is 0 Å². The molecule has 0 radical (unpaired) electrons. The van der Waals surface area contributed by atoms with Crippen molar-refractivity contribution in [1.82, 2.24) is 20.9 Å². The fourth-order valence-electron chi connectivity index (χ4n) is 3.99. The molecule has 0 aromatic heterocycles. The first-order valence-corrected chi connectivity index (χ1v) is 13.2. The Labute approximate surface area is 229 Å². The Morgan fingerprint density at radius 3 is 2.44 bits per heavy atom. The molecular weight excluding hydrogens is 494 g/mol. The van der Waals surface area contributed by atoms with Crippen molar-refractivity contribution in [2.45, 2.75) is 31.5 Å². The summed E-state index contributed by atoms with van der Waals surface area (Å²) in [6.07, 6.45) is 5.89. The van der Waals surface area contributed by atoms with E-state index in [1.54, 1.807) is 30.3 Å². The summed E-state index contributed by atoms with van der Waals surface area (Å²) in [7, 11) is 0. The first kappa shape index (κ1) is 28.0. The summed E-state index contributed by atoms with van der Waals surface area (Å²) in [5, 5.41) is 8.29. The quantitative estimate of drug-likeness (QED) is 0.322. The van der Waals surface area contributed by atoms with Gasteiger partial charge in [-0.3, -0.25) is 19.3 Å². The lowest BCUT2D eigenvalue weighted by molar-refractivity contribution is -0.121. The van der Waals surface area contributed by atoms with Crippen molar-refractivity contribution in [2.75, 3.05) is 39.4 Å². The molecule has 0 unspecified atom stereocenters. The SMILES string of the molecule is NC(=O)[C@H](CNC(=O)CNC1CC1)NC(=O)c1ccc(C#CC=Cc2ccc(CN3CCOCC3)cc2)cc1. The van der Waals surface area contributed by atoms with Crippen molar-refractivity contribution in [3.05, 3.63) is 76.9 Å². The first-order valence-electron chi connectivity index (χ1n) is 13.2. The number of allylic oxidation sites excluding steroid dienone is 1. The number of primary amides is 1. The summed E-state index contributed by atoms with van der Waals surface area (Å²) >= 11 is 0. The predicted octanol–water partition coefficient (Wildman–Crippen LogP) is 1.04. The zero-order valence-corrected chi connectivity index (χ0v) is 21.9. The molecule has 5 N–H and O–H groups in total. The number of nitrogens with zero attached hydrogens (tertiary/aromatic N) is 1. The molecule has 1 saturated carbocycles. The van der Waals surface area contributed by atoms with Crippen LogP contribution in [0, 0.1) is 11.8 Å². The maximum atomic E-state index is 12.6. The first-order chi connectivity index (χ1) is 19.0. The zero-order chi connectivity index (χ0) is 27.5. The van der Waals surface area contributed by atoms with Crippen LogP contribution in [0.1, 0.15) is 39.9 Å². The molecule has 2 aromatic carbocycles. The van der Waals surface area contributed by atoms with Gasteiger partial charge in [0.1, 0.15) is 6.04 Å². The molecular formula is C30H35N5O4. The van der Waals surface area contributed by atoms with Crippen LogP contribution < -0.4 is 21.7 Å². The van der Waals surface area contributed by atoms with E-state index in [2.05, 4.69) is 57.0 Å². The van der Waals surface area contributed by atoms with E-state index in [-0.39, 0.29) is 19.0 Å². The summed E-state index contributed by atoms with van der Waals surface area (Å²) in [5.74, 6) is 4.63. The van der Waals surface area contributed by atoms with Crippen molar-refractivity contribution < 1.29 is 19.1 Å². The Hall–Kier alpha value is -3.97. The van der Waals surface area contributed by atoms with Gasteiger partial charge in [0.25, 0.3) is 5.91 Å². The van der Waals surface area contributed by atoms with E-state index in [1.165, 1.54) is 5.56 Å². The van der Waals surface area contributed by atoms with Crippen LogP contribution in [0.3, 0.4) is 0 Å². The lowest BCUT2D eigenvalue weighted by Gasteiger charge is -2.26. The monoisotopic (exact) mass is 529 g/mol. The van der Waals surface area contributed by atoms with Gasteiger partial charge in [0, 0.05) is 43.3 Å². The van der Waals surface area contributed by atoms with Gasteiger partial charge >= 0.3 is 0 Å². The largest absolute Gasteiger partial charge is 0.379 e. The number of nitrogens with two attached hydrogens (primary N) is 1. The van der Waals surface area contributed by atoms with Gasteiger partial charge in [-0.1, -0.05) is 36.1 Å². The molecule has 3 amide bonds. The predicted molar refractivity (Wildman–Crippen MR) is 149 cm³/mol. The number of carbonyl (C=O) groups is 3. The summed E-state index contributed by atoms with van der Waals surface area (Å²) in [4.78, 5) is 38.7. The number of carbonyl (C=O) groups excluding carboxylic acids is 3. The molecule has 204 valence electrons. The Bertz CT molecular complexity index is 1220. The number of rotatable bonds is 11. The molecule has 1 heterocycles. The van der Waals surface area contributed by atoms with Crippen molar-refractivity contribution in [3.63, 3.8) is 0 Å². The average Bonchev–Trinajstić information content (AvgIpc) is 3.78. The number of ether oxygens (including phenoxy) is 1. The molecule has 2 aromatic rings. The molecule has 0 bridgehead atoms. The Morgan fingerprint density at radius 1 is 1.05 bits per heavy atom. The highest BCUT2D eigenvalue weighted by Crippen LogP contribution is 2.17. The molecule has 1 atom stereocenters. The number of morpholine rings is 1. The van der Waals surface area contributed by atoms with Gasteiger partial charge < -0.3 is 26.4 Å². The molecule has 9 nitrogen and oxygen atoms in total. The van der Waals surface area contributed by atoms with Crippen LogP contribution in [0.4, 0.5) is 0 Å². The molecule has 1 saturated heterocycles. The van der Waals surface area contributed by atoms with Gasteiger partial charge in [-0.15, -0.1) is 0 Å². The third kappa shape index (κ3) is 9.69. The van der Waals surface area contributed by atoms with Crippen molar-refractivity contribution >= 4 is 23.8 Å². The molecule has 1 aliphatic carbocycles. The van der Waals surface area contributed by atoms with Crippen LogP contribution in [-0.4, -0.2) is 74.1 Å². The molecule has 4 rings (SSSR count). The minimum atomic E-state index is -1.01. The number of hydrogen-bond acceptors (Lipinski definition) is 6. The van der Waals surface area contributed by atoms with Gasteiger partial charge in [-0.2, -0.15) is 0 Å². The van der Waals surface area contributed by atoms with E-state index in [9.17, 15) is 14.4 Å². The Morgan fingerprint density at radius 2 is 1.77 bits per heavy atom. The topological polar surface area (TPSA) is 126 Å². The van der Waals surface area contributed by atoms with E-state index in [0.29, 0.717) is 11.6 Å². The molecule has 2 aliphatic rings. The maximum Gasteiger partial charge on any atom is 0.251 e. The van der Waals surface area contributed by atoms with E-state index in [4.69, 9.17) is 10.5 Å². The van der Waals surface area contributed by atoms with Gasteiger partial charge in [-0.25, -0.2) is 0 Å². The molecule has 9 heteroatoms. The number of hydrogen-bond donors (Lipinski definition) is 4. The summed E-state index contributed by atoms with van der Waals surface area (Å²) in [6, 6.07) is 14.6. The minimum absolute atomic E-state index is 0.0707. The summed E-state index contributed by atoms with van der Waals surface area (Å²) in [5.41, 5.74) is 8.87. The third-order valence-corrected chi connectivity index (χ3v) is 6.49. The van der Waals surface area contributed by atoms with Crippen molar-refractivity contribution in [1.29, 1.82) is 0 Å². The minimum Gasteiger partial charge on any atom is -0.379 e. The highest BCUT2D eigenvalue weighted by atomic mass is 16.5. The second-order valence-corrected chi connectivity index (χ2v) is 9.70. The van der Waals surface area contributed by atoms with Gasteiger partial charge in [-0.05, 0) is 60.4 Å². The highest BCUT2D eigenvalue weighted by Gasteiger charge is 2.23. The number of amides is 3. The van der Waals surface area contributed by atoms with Crippen LogP contribution in [0.25, 0.3) is 6.08 Å². The van der Waals surface area contributed by atoms with Gasteiger partial charge in [0.05, 0.1) is 19.8 Å². The zero-order valence-electron chi connectivity index (χ0n) is 21.9. The lowest BCUT2D eigenvalue weighted by atomic mass is 10.1. The highest BCUT2D eigenvalue weighted by molar-refractivity contribution is 5.97. The number of benzene rings is 2. The van der Waals surface area contributed by atoms with E-state index >= 15 is 0 Å². The normalized spacial score (nSPS) is 16.2. The van der Waals surface area contributed by atoms with E-state index in [1.807, 2.05) is 6.08 Å². The standard InChI is InChI=1S/C30H35N5O4/c31-29(37)27(19-33-28(36)20-32-26-13-14-26)34-30(38)25-11-9-23(10-12-25)4-2-1-3-22-5-7-24(8-6-22)21-35-15-17-39-18-16-35/h1,3,5-12,26-27,32H,13-21H2,(H2,31,37)(H,33,36)(H,34,38)/t27-/m0/s1. The fraction of sp³-hybridized carbons (Fsp3) is 0.367. The van der Waals surface area contributed by atoms with Crippen LogP contribution in [0.15, 0.2) is 54.6 Å². The van der Waals surface area contributed by atoms with Gasteiger partial charge in [0.15, 0.2) is 0 Å². The second-order valence-electron chi connectivity index (χ2n) is 9.70. The molecule has 1 aliphatic heterocycles. The van der Waals surface area contributed by atoms with E-state index < -0.39 is 17.9 Å². The van der Waals surface area contributed by atoms with Crippen LogP contribution in [-0.2, 0) is 20.9 Å². The summed E-state index contributed by atoms with van der Waals surface area (Å²) in [6.45, 7) is 4.56. The van der Waals surface area contributed by atoms with Crippen LogP contribution in [0.5, 0.6) is 0 Å². The fourth-order valence-corrected chi connectivity index (χ4v) is 3.99. The maximum absolute atomic E-state index is 12.6. The number of nitrogens with one attached hydrogen (secondary N) is 3. The average molecular weight is 530 g/mol. The van der Waals surface area contributed by atoms with Crippen LogP contribution in [0.2, 0.25) is 0 Å². The molecule has 2 fully saturated rings. The second kappa shape index (κ2) is 14.3. The Balaban J connectivity index is 1.23. The smallest absolute Gasteiger partial charge is 0.251 e. The van der Waals surface area contributed by atoms with Crippen molar-refractivity contribution in [3.8, 4) is 11.8 Å². The third-order valence-electron chi connectivity index (χ3n) is 6.49. The van der Waals surface area contributed by atoms with E-state index in [0.717, 1.165) is 56.8 Å².